The Morgan fingerprint density at radius 3 is 2.12 bits per heavy atom. The van der Waals surface area contributed by atoms with Crippen molar-refractivity contribution in [3.8, 4) is 0 Å². The highest BCUT2D eigenvalue weighted by atomic mass is 35.5. The first kappa shape index (κ1) is 18.8. The Morgan fingerprint density at radius 2 is 1.60 bits per heavy atom. The maximum atomic E-state index is 12.3. The number of nitrogens with zero attached hydrogens (tertiary/aromatic N) is 1. The predicted octanol–water partition coefficient (Wildman–Crippen LogP) is 4.29. The van der Waals surface area contributed by atoms with E-state index in [4.69, 9.17) is 33.5 Å². The molecule has 0 heterocycles. The number of rotatable bonds is 6. The number of anilines is 1. The summed E-state index contributed by atoms with van der Waals surface area (Å²) in [6, 6.07) is 11.2. The van der Waals surface area contributed by atoms with Gasteiger partial charge in [0, 0.05) is 12.1 Å². The van der Waals surface area contributed by atoms with Gasteiger partial charge >= 0.3 is 5.97 Å². The van der Waals surface area contributed by atoms with E-state index in [2.05, 4.69) is 10.5 Å². The monoisotopic (exact) mass is 380 g/mol. The molecule has 3 N–H and O–H groups in total. The van der Waals surface area contributed by atoms with Crippen LogP contribution in [0.4, 0.5) is 5.69 Å². The molecule has 130 valence electrons. The number of carbonyl (C=O) groups excluding carboxylic acids is 1. The van der Waals surface area contributed by atoms with Gasteiger partial charge in [-0.15, -0.1) is 0 Å². The van der Waals surface area contributed by atoms with Crippen molar-refractivity contribution in [2.45, 2.75) is 12.8 Å². The third-order valence-corrected chi connectivity index (χ3v) is 3.99. The fourth-order valence-electron chi connectivity index (χ4n) is 2.13. The van der Waals surface area contributed by atoms with Gasteiger partial charge in [-0.25, -0.2) is 0 Å². The minimum Gasteiger partial charge on any atom is -0.481 e. The molecule has 2 aromatic carbocycles. The summed E-state index contributed by atoms with van der Waals surface area (Å²) in [5, 5.41) is 24.0. The van der Waals surface area contributed by atoms with E-state index in [-0.39, 0.29) is 34.2 Å². The standard InChI is InChI=1S/C17H14Cl2N2O4/c18-12-2-1-3-13(19)16(12)17(24)20-11-6-4-10(5-7-11)14(21-25)8-9-15(22)23/h1-7,25H,8-9H2,(H,20,24)(H,22,23)/b21-14-. The largest absolute Gasteiger partial charge is 0.481 e. The first-order chi connectivity index (χ1) is 11.9. The summed E-state index contributed by atoms with van der Waals surface area (Å²) in [5.74, 6) is -1.44. The highest BCUT2D eigenvalue weighted by Crippen LogP contribution is 2.25. The van der Waals surface area contributed by atoms with Gasteiger partial charge in [0.05, 0.1) is 27.7 Å². The van der Waals surface area contributed by atoms with Gasteiger partial charge in [-0.2, -0.15) is 0 Å². The molecule has 0 aliphatic rings. The maximum absolute atomic E-state index is 12.3. The van der Waals surface area contributed by atoms with E-state index in [0.29, 0.717) is 11.3 Å². The van der Waals surface area contributed by atoms with Gasteiger partial charge in [0.25, 0.3) is 5.91 Å². The van der Waals surface area contributed by atoms with Crippen LogP contribution >= 0.6 is 23.2 Å². The van der Waals surface area contributed by atoms with Crippen LogP contribution in [-0.4, -0.2) is 27.9 Å². The van der Waals surface area contributed by atoms with Crippen molar-refractivity contribution in [1.82, 2.24) is 0 Å². The molecule has 25 heavy (non-hydrogen) atoms. The molecule has 8 heteroatoms. The van der Waals surface area contributed by atoms with Gasteiger partial charge in [0.1, 0.15) is 0 Å². The van der Waals surface area contributed by atoms with Crippen molar-refractivity contribution in [3.63, 3.8) is 0 Å². The molecule has 2 aromatic rings. The van der Waals surface area contributed by atoms with Crippen LogP contribution in [0.25, 0.3) is 0 Å². The molecule has 0 aromatic heterocycles. The van der Waals surface area contributed by atoms with Crippen molar-refractivity contribution in [2.24, 2.45) is 5.16 Å². The molecule has 0 aliphatic carbocycles. The normalized spacial score (nSPS) is 11.2. The van der Waals surface area contributed by atoms with Gasteiger partial charge in [0.15, 0.2) is 0 Å². The predicted molar refractivity (Wildman–Crippen MR) is 96.1 cm³/mol. The Kier molecular flexibility index (Phi) is 6.38. The van der Waals surface area contributed by atoms with Gasteiger partial charge in [-0.05, 0) is 29.8 Å². The van der Waals surface area contributed by atoms with E-state index in [1.165, 1.54) is 0 Å². The van der Waals surface area contributed by atoms with E-state index >= 15 is 0 Å². The second kappa shape index (κ2) is 8.50. The molecule has 6 nitrogen and oxygen atoms in total. The number of nitrogens with one attached hydrogen (secondary N) is 1. The lowest BCUT2D eigenvalue weighted by molar-refractivity contribution is -0.136. The minimum atomic E-state index is -0.985. The Hall–Kier alpha value is -2.57. The quantitative estimate of drug-likeness (QED) is 0.395. The number of oxime groups is 1. The van der Waals surface area contributed by atoms with Crippen LogP contribution in [0.3, 0.4) is 0 Å². The maximum Gasteiger partial charge on any atom is 0.303 e. The van der Waals surface area contributed by atoms with E-state index in [1.54, 1.807) is 42.5 Å². The molecule has 0 bridgehead atoms. The van der Waals surface area contributed by atoms with Gasteiger partial charge in [0.2, 0.25) is 0 Å². The lowest BCUT2D eigenvalue weighted by atomic mass is 10.1. The number of carboxylic acids is 1. The van der Waals surface area contributed by atoms with Crippen molar-refractivity contribution < 1.29 is 19.9 Å². The van der Waals surface area contributed by atoms with Crippen LogP contribution in [0.1, 0.15) is 28.8 Å². The second-order valence-electron chi connectivity index (χ2n) is 5.07. The van der Waals surface area contributed by atoms with Crippen molar-refractivity contribution in [2.75, 3.05) is 5.32 Å². The lowest BCUT2D eigenvalue weighted by Crippen LogP contribution is -2.13. The zero-order valence-corrected chi connectivity index (χ0v) is 14.4. The van der Waals surface area contributed by atoms with E-state index in [1.807, 2.05) is 0 Å². The van der Waals surface area contributed by atoms with Gasteiger partial charge < -0.3 is 15.6 Å². The van der Waals surface area contributed by atoms with E-state index in [9.17, 15) is 9.59 Å². The van der Waals surface area contributed by atoms with Crippen LogP contribution in [-0.2, 0) is 4.79 Å². The number of carbonyl (C=O) groups is 2. The average Bonchev–Trinajstić information content (AvgIpc) is 2.56. The highest BCUT2D eigenvalue weighted by Gasteiger charge is 2.15. The van der Waals surface area contributed by atoms with Crippen LogP contribution in [0, 0.1) is 0 Å². The molecular weight excluding hydrogens is 367 g/mol. The number of aliphatic carboxylic acids is 1. The molecule has 2 rings (SSSR count). The zero-order valence-electron chi connectivity index (χ0n) is 12.9. The molecule has 0 aliphatic heterocycles. The summed E-state index contributed by atoms with van der Waals surface area (Å²) in [5.41, 5.74) is 1.46. The number of amides is 1. The fraction of sp³-hybridized carbons (Fsp3) is 0.118. The van der Waals surface area contributed by atoms with Gasteiger partial charge in [-0.1, -0.05) is 46.6 Å². The molecule has 0 spiro atoms. The van der Waals surface area contributed by atoms with Crippen LogP contribution in [0.5, 0.6) is 0 Å². The summed E-state index contributed by atoms with van der Waals surface area (Å²) in [6.45, 7) is 0. The minimum absolute atomic E-state index is 0.0900. The number of carboxylic acid groups (broad SMARTS) is 1. The smallest absolute Gasteiger partial charge is 0.303 e. The molecule has 0 radical (unpaired) electrons. The summed E-state index contributed by atoms with van der Waals surface area (Å²) >= 11 is 12.0. The van der Waals surface area contributed by atoms with Crippen molar-refractivity contribution in [1.29, 1.82) is 0 Å². The number of benzene rings is 2. The lowest BCUT2D eigenvalue weighted by Gasteiger charge is -2.09. The fourth-order valence-corrected chi connectivity index (χ4v) is 2.70. The van der Waals surface area contributed by atoms with Crippen LogP contribution in [0.2, 0.25) is 10.0 Å². The molecule has 0 unspecified atom stereocenters. The third kappa shape index (κ3) is 4.95. The number of hydrogen-bond donors (Lipinski definition) is 3. The summed E-state index contributed by atoms with van der Waals surface area (Å²) in [6.07, 6.45) is -0.0599. The Morgan fingerprint density at radius 1 is 1.00 bits per heavy atom. The topological polar surface area (TPSA) is 99.0 Å². The Bertz CT molecular complexity index is 800. The van der Waals surface area contributed by atoms with Crippen molar-refractivity contribution in [3.05, 3.63) is 63.6 Å². The first-order valence-electron chi connectivity index (χ1n) is 7.21. The Balaban J connectivity index is 2.12. The number of halogens is 2. The third-order valence-electron chi connectivity index (χ3n) is 3.36. The number of hydrogen-bond acceptors (Lipinski definition) is 4. The summed E-state index contributed by atoms with van der Waals surface area (Å²) in [7, 11) is 0. The first-order valence-corrected chi connectivity index (χ1v) is 7.96. The summed E-state index contributed by atoms with van der Waals surface area (Å²) < 4.78 is 0. The van der Waals surface area contributed by atoms with E-state index < -0.39 is 11.9 Å². The van der Waals surface area contributed by atoms with Crippen LogP contribution < -0.4 is 5.32 Å². The molecule has 0 saturated heterocycles. The molecule has 0 saturated carbocycles. The Labute approximate surface area is 153 Å². The zero-order chi connectivity index (χ0) is 18.4. The van der Waals surface area contributed by atoms with Gasteiger partial charge in [-0.3, -0.25) is 9.59 Å². The SMILES string of the molecule is O=C(O)CC/C(=N/O)c1ccc(NC(=O)c2c(Cl)cccc2Cl)cc1. The molecule has 0 fully saturated rings. The molecule has 1 amide bonds. The average molecular weight is 381 g/mol. The van der Waals surface area contributed by atoms with Crippen LogP contribution in [0.15, 0.2) is 47.6 Å². The van der Waals surface area contributed by atoms with Crippen molar-refractivity contribution >= 4 is 46.5 Å². The molecular formula is C17H14Cl2N2O4. The second-order valence-corrected chi connectivity index (χ2v) is 5.88. The van der Waals surface area contributed by atoms with E-state index in [0.717, 1.165) is 0 Å². The summed E-state index contributed by atoms with van der Waals surface area (Å²) in [4.78, 5) is 22.9. The molecule has 0 atom stereocenters. The highest BCUT2D eigenvalue weighted by molar-refractivity contribution is 6.40.